The van der Waals surface area contributed by atoms with Gasteiger partial charge in [-0.25, -0.2) is 0 Å². The molecule has 26 heavy (non-hydrogen) atoms. The molecular formula is C23H24N2O. The first-order valence-electron chi connectivity index (χ1n) is 8.74. The van der Waals surface area contributed by atoms with Crippen molar-refractivity contribution in [1.29, 1.82) is 0 Å². The van der Waals surface area contributed by atoms with Crippen LogP contribution in [0.5, 0.6) is 5.75 Å². The van der Waals surface area contributed by atoms with Crippen molar-refractivity contribution in [1.82, 2.24) is 0 Å². The summed E-state index contributed by atoms with van der Waals surface area (Å²) in [5.41, 5.74) is 6.99. The van der Waals surface area contributed by atoms with Crippen molar-refractivity contribution in [2.24, 2.45) is 4.99 Å². The molecule has 0 heterocycles. The summed E-state index contributed by atoms with van der Waals surface area (Å²) in [6.45, 7) is 5.85. The minimum atomic E-state index is 0.312. The van der Waals surface area contributed by atoms with E-state index in [-0.39, 0.29) is 0 Å². The van der Waals surface area contributed by atoms with Gasteiger partial charge in [0.25, 0.3) is 0 Å². The lowest BCUT2D eigenvalue weighted by molar-refractivity contribution is 0.471. The van der Waals surface area contributed by atoms with Crippen LogP contribution < -0.4 is 4.90 Å². The van der Waals surface area contributed by atoms with Crippen molar-refractivity contribution in [3.63, 3.8) is 0 Å². The average Bonchev–Trinajstić information content (AvgIpc) is 2.65. The molecular weight excluding hydrogens is 320 g/mol. The Labute approximate surface area is 155 Å². The fraction of sp³-hybridized carbons (Fsp3) is 0.174. The molecule has 1 N–H and O–H groups in total. The minimum Gasteiger partial charge on any atom is -0.508 e. The molecule has 0 unspecified atom stereocenters. The van der Waals surface area contributed by atoms with Gasteiger partial charge in [-0.2, -0.15) is 0 Å². The van der Waals surface area contributed by atoms with Gasteiger partial charge in [0.2, 0.25) is 0 Å². The highest BCUT2D eigenvalue weighted by Gasteiger charge is 2.16. The van der Waals surface area contributed by atoms with E-state index in [9.17, 15) is 5.11 Å². The Balaban J connectivity index is 2.20. The summed E-state index contributed by atoms with van der Waals surface area (Å²) < 4.78 is 0. The fourth-order valence-corrected chi connectivity index (χ4v) is 3.22. The SMILES string of the molecule is C/C=N\c1c(-c2ccccc2)cccc1N(C)c1cc(C)cc(O)c1C. The number of benzene rings is 3. The lowest BCUT2D eigenvalue weighted by atomic mass is 10.0. The Morgan fingerprint density at radius 1 is 0.923 bits per heavy atom. The number of aryl methyl sites for hydroxylation is 1. The van der Waals surface area contributed by atoms with E-state index in [0.717, 1.165) is 39.3 Å². The molecule has 3 rings (SSSR count). The second-order valence-electron chi connectivity index (χ2n) is 6.41. The summed E-state index contributed by atoms with van der Waals surface area (Å²) in [4.78, 5) is 6.77. The van der Waals surface area contributed by atoms with Crippen LogP contribution in [-0.2, 0) is 0 Å². The molecule has 3 nitrogen and oxygen atoms in total. The molecule has 0 aliphatic carbocycles. The molecule has 3 aromatic rings. The van der Waals surface area contributed by atoms with Crippen LogP contribution in [0.25, 0.3) is 11.1 Å². The molecule has 0 saturated carbocycles. The first-order valence-corrected chi connectivity index (χ1v) is 8.74. The Hall–Kier alpha value is -3.07. The molecule has 0 fully saturated rings. The predicted molar refractivity (Wildman–Crippen MR) is 111 cm³/mol. The Morgan fingerprint density at radius 2 is 1.65 bits per heavy atom. The number of phenols is 1. The zero-order valence-electron chi connectivity index (χ0n) is 15.7. The smallest absolute Gasteiger partial charge is 0.120 e. The summed E-state index contributed by atoms with van der Waals surface area (Å²) in [5.74, 6) is 0.312. The molecule has 0 aromatic heterocycles. The largest absolute Gasteiger partial charge is 0.508 e. The van der Waals surface area contributed by atoms with Crippen molar-refractivity contribution in [2.75, 3.05) is 11.9 Å². The van der Waals surface area contributed by atoms with Gasteiger partial charge in [0.15, 0.2) is 0 Å². The van der Waals surface area contributed by atoms with Crippen LogP contribution in [0.1, 0.15) is 18.1 Å². The number of anilines is 2. The monoisotopic (exact) mass is 344 g/mol. The topological polar surface area (TPSA) is 35.8 Å². The normalized spacial score (nSPS) is 11.1. The number of hydrogen-bond acceptors (Lipinski definition) is 3. The zero-order valence-corrected chi connectivity index (χ0v) is 15.7. The van der Waals surface area contributed by atoms with Crippen molar-refractivity contribution in [3.05, 3.63) is 71.8 Å². The van der Waals surface area contributed by atoms with E-state index >= 15 is 0 Å². The highest BCUT2D eigenvalue weighted by atomic mass is 16.3. The lowest BCUT2D eigenvalue weighted by Gasteiger charge is -2.25. The predicted octanol–water partition coefficient (Wildman–Crippen LogP) is 6.17. The zero-order chi connectivity index (χ0) is 18.7. The molecule has 132 valence electrons. The molecule has 0 radical (unpaired) electrons. The number of nitrogens with zero attached hydrogens (tertiary/aromatic N) is 2. The second kappa shape index (κ2) is 7.44. The van der Waals surface area contributed by atoms with E-state index in [4.69, 9.17) is 0 Å². The van der Waals surface area contributed by atoms with Crippen LogP contribution in [-0.4, -0.2) is 18.4 Å². The maximum absolute atomic E-state index is 10.2. The quantitative estimate of drug-likeness (QED) is 0.575. The lowest BCUT2D eigenvalue weighted by Crippen LogP contribution is -2.11. The van der Waals surface area contributed by atoms with Crippen molar-refractivity contribution < 1.29 is 5.11 Å². The summed E-state index contributed by atoms with van der Waals surface area (Å²) in [6, 6.07) is 20.4. The van der Waals surface area contributed by atoms with E-state index in [0.29, 0.717) is 5.75 Å². The van der Waals surface area contributed by atoms with Crippen molar-refractivity contribution in [2.45, 2.75) is 20.8 Å². The Morgan fingerprint density at radius 3 is 2.35 bits per heavy atom. The van der Waals surface area contributed by atoms with E-state index < -0.39 is 0 Å². The minimum absolute atomic E-state index is 0.312. The maximum atomic E-state index is 10.2. The third kappa shape index (κ3) is 3.33. The highest BCUT2D eigenvalue weighted by molar-refractivity contribution is 5.90. The number of hydrogen-bond donors (Lipinski definition) is 1. The molecule has 0 saturated heterocycles. The first kappa shape index (κ1) is 17.7. The fourth-order valence-electron chi connectivity index (χ4n) is 3.22. The molecule has 0 bridgehead atoms. The summed E-state index contributed by atoms with van der Waals surface area (Å²) in [6.07, 6.45) is 1.82. The summed E-state index contributed by atoms with van der Waals surface area (Å²) >= 11 is 0. The second-order valence-corrected chi connectivity index (χ2v) is 6.41. The Kier molecular flexibility index (Phi) is 5.08. The first-order chi connectivity index (χ1) is 12.5. The molecule has 0 aliphatic rings. The van der Waals surface area contributed by atoms with Crippen LogP contribution in [0.2, 0.25) is 0 Å². The number of para-hydroxylation sites is 1. The van der Waals surface area contributed by atoms with Gasteiger partial charge < -0.3 is 10.0 Å². The summed E-state index contributed by atoms with van der Waals surface area (Å²) in [5, 5.41) is 10.2. The van der Waals surface area contributed by atoms with E-state index in [2.05, 4.69) is 40.2 Å². The van der Waals surface area contributed by atoms with E-state index in [1.807, 2.05) is 58.3 Å². The van der Waals surface area contributed by atoms with E-state index in [1.54, 1.807) is 6.07 Å². The van der Waals surface area contributed by atoms with Gasteiger partial charge in [0.05, 0.1) is 11.4 Å². The maximum Gasteiger partial charge on any atom is 0.120 e. The molecule has 0 atom stereocenters. The summed E-state index contributed by atoms with van der Waals surface area (Å²) in [7, 11) is 2.01. The number of aromatic hydroxyl groups is 1. The van der Waals surface area contributed by atoms with E-state index in [1.165, 1.54) is 0 Å². The van der Waals surface area contributed by atoms with Gasteiger partial charge in [-0.1, -0.05) is 42.5 Å². The van der Waals surface area contributed by atoms with Gasteiger partial charge in [-0.05, 0) is 50.1 Å². The highest BCUT2D eigenvalue weighted by Crippen LogP contribution is 2.42. The molecule has 3 heteroatoms. The van der Waals surface area contributed by atoms with Crippen LogP contribution in [0.15, 0.2) is 65.7 Å². The van der Waals surface area contributed by atoms with Gasteiger partial charge in [-0.15, -0.1) is 0 Å². The Bertz CT molecular complexity index is 946. The van der Waals surface area contributed by atoms with Crippen LogP contribution >= 0.6 is 0 Å². The molecule has 3 aromatic carbocycles. The molecule has 0 amide bonds. The van der Waals surface area contributed by atoms with Crippen LogP contribution in [0.4, 0.5) is 17.1 Å². The third-order valence-electron chi connectivity index (χ3n) is 4.58. The van der Waals surface area contributed by atoms with Gasteiger partial charge >= 0.3 is 0 Å². The standard InChI is InChI=1S/C23H24N2O/c1-5-24-23-19(18-10-7-6-8-11-18)12-9-13-20(23)25(4)21-14-16(2)15-22(26)17(21)3/h5-15,26H,1-4H3/b24-5-. The molecule has 0 spiro atoms. The number of phenolic OH excluding ortho intramolecular Hbond substituents is 1. The number of aliphatic imine (C=N–C) groups is 1. The van der Waals surface area contributed by atoms with Gasteiger partial charge in [-0.3, -0.25) is 4.99 Å². The van der Waals surface area contributed by atoms with Crippen molar-refractivity contribution >= 4 is 23.3 Å². The molecule has 0 aliphatic heterocycles. The van der Waals surface area contributed by atoms with Crippen LogP contribution in [0, 0.1) is 13.8 Å². The van der Waals surface area contributed by atoms with Crippen LogP contribution in [0.3, 0.4) is 0 Å². The third-order valence-corrected chi connectivity index (χ3v) is 4.58. The van der Waals surface area contributed by atoms with Crippen molar-refractivity contribution in [3.8, 4) is 16.9 Å². The number of rotatable bonds is 4. The average molecular weight is 344 g/mol. The van der Waals surface area contributed by atoms with Gasteiger partial charge in [0.1, 0.15) is 5.75 Å². The van der Waals surface area contributed by atoms with Gasteiger partial charge in [0, 0.05) is 30.1 Å².